The fourth-order valence-electron chi connectivity index (χ4n) is 10.0. The maximum Gasteiger partial charge on any atom is 0.373 e. The number of aliphatic carboxylic acids is 1. The van der Waals surface area contributed by atoms with Crippen molar-refractivity contribution in [2.24, 2.45) is 28.2 Å². The van der Waals surface area contributed by atoms with Crippen LogP contribution in [0.15, 0.2) is 140 Å². The molecule has 0 aliphatic carbocycles. The zero-order valence-corrected chi connectivity index (χ0v) is 52.0. The van der Waals surface area contributed by atoms with Crippen molar-refractivity contribution in [3.8, 4) is 0 Å². The predicted octanol–water partition coefficient (Wildman–Crippen LogP) is 11.9. The summed E-state index contributed by atoms with van der Waals surface area (Å²) in [5.74, 6) is -3.29. The topological polar surface area (TPSA) is 284 Å². The van der Waals surface area contributed by atoms with Crippen molar-refractivity contribution in [3.63, 3.8) is 0 Å². The highest BCUT2D eigenvalue weighted by atomic mass is 16.5. The molecule has 0 fully saturated rings. The molecule has 0 saturated heterocycles. The van der Waals surface area contributed by atoms with Crippen LogP contribution >= 0.6 is 0 Å². The van der Waals surface area contributed by atoms with Crippen molar-refractivity contribution in [1.82, 2.24) is 23.3 Å². The van der Waals surface area contributed by atoms with Crippen LogP contribution in [-0.4, -0.2) is 108 Å². The summed E-state index contributed by atoms with van der Waals surface area (Å²) in [4.78, 5) is 105. The van der Waals surface area contributed by atoms with Gasteiger partial charge in [-0.2, -0.15) is 19.2 Å². The van der Waals surface area contributed by atoms with E-state index in [2.05, 4.69) is 4.98 Å². The molecule has 21 heteroatoms. The number of benzene rings is 5. The highest BCUT2D eigenvalue weighted by Gasteiger charge is 2.37. The van der Waals surface area contributed by atoms with E-state index in [1.54, 1.807) is 62.9 Å². The molecule has 0 bridgehead atoms. The monoisotopic (exact) mass is 1220 g/mol. The highest BCUT2D eigenvalue weighted by Crippen LogP contribution is 2.36. The van der Waals surface area contributed by atoms with E-state index in [1.807, 2.05) is 179 Å². The molecule has 5 aromatic carbocycles. The lowest BCUT2D eigenvalue weighted by atomic mass is 9.78. The summed E-state index contributed by atoms with van der Waals surface area (Å²) in [5, 5.41) is 23.2. The summed E-state index contributed by atoms with van der Waals surface area (Å²) in [7, 11) is 7.42. The number of rotatable bonds is 14. The third-order valence-electron chi connectivity index (χ3n) is 14.6. The van der Waals surface area contributed by atoms with Gasteiger partial charge in [0.25, 0.3) is 0 Å². The fraction of sp³-hybridized carbons (Fsp3) is 0.294. The number of nitrogens with zero attached hydrogens (tertiary/aromatic N) is 4. The number of fused-ring (bicyclic) bond motifs is 5. The van der Waals surface area contributed by atoms with Gasteiger partial charge in [0.2, 0.25) is 0 Å². The van der Waals surface area contributed by atoms with Crippen LogP contribution in [0, 0.1) is 0 Å². The number of aromatic nitrogens is 5. The molecule has 10 aromatic rings. The van der Waals surface area contributed by atoms with Crippen LogP contribution in [-0.2, 0) is 87.7 Å². The first-order valence-electron chi connectivity index (χ1n) is 28.5. The number of carbonyl (C=O) groups excluding carboxylic acids is 8. The number of aryl methyl sites for hydroxylation is 5. The first-order chi connectivity index (χ1) is 42.5. The molecule has 3 N–H and O–H groups in total. The molecule has 2 unspecified atom stereocenters. The lowest BCUT2D eigenvalue weighted by molar-refractivity contribution is -0.193. The predicted molar refractivity (Wildman–Crippen MR) is 335 cm³/mol. The summed E-state index contributed by atoms with van der Waals surface area (Å²) in [6.45, 7) is 16.2. The quantitative estimate of drug-likeness (QED) is 0.0674. The van der Waals surface area contributed by atoms with Crippen molar-refractivity contribution >= 4 is 103 Å². The van der Waals surface area contributed by atoms with E-state index in [-0.39, 0.29) is 36.2 Å². The van der Waals surface area contributed by atoms with Crippen LogP contribution in [0.4, 0.5) is 0 Å². The van der Waals surface area contributed by atoms with Gasteiger partial charge < -0.3 is 52.4 Å². The van der Waals surface area contributed by atoms with E-state index < -0.39 is 23.3 Å². The maximum atomic E-state index is 12.5. The molecule has 21 nitrogen and oxygen atoms in total. The van der Waals surface area contributed by atoms with E-state index in [0.717, 1.165) is 77.6 Å². The van der Waals surface area contributed by atoms with E-state index in [1.165, 1.54) is 0 Å². The third-order valence-corrected chi connectivity index (χ3v) is 14.6. The highest BCUT2D eigenvalue weighted by molar-refractivity contribution is 6.01. The van der Waals surface area contributed by atoms with Gasteiger partial charge in [0.15, 0.2) is 0 Å². The van der Waals surface area contributed by atoms with Crippen LogP contribution in [0.3, 0.4) is 0 Å². The van der Waals surface area contributed by atoms with Gasteiger partial charge in [-0.05, 0) is 120 Å². The van der Waals surface area contributed by atoms with E-state index >= 15 is 0 Å². The smallest absolute Gasteiger partial charge is 0.373 e. The zero-order valence-electron chi connectivity index (χ0n) is 52.0. The van der Waals surface area contributed by atoms with E-state index in [9.17, 15) is 28.8 Å². The minimum atomic E-state index is -0.856. The summed E-state index contributed by atoms with van der Waals surface area (Å²) >= 11 is 0. The van der Waals surface area contributed by atoms with Crippen molar-refractivity contribution in [3.05, 3.63) is 179 Å². The minimum Gasteiger partial charge on any atom is -0.481 e. The number of H-pyrrole nitrogens is 1. The molecule has 10 rings (SSSR count). The number of ether oxygens (including phenoxy) is 4. The largest absolute Gasteiger partial charge is 0.481 e. The van der Waals surface area contributed by atoms with Gasteiger partial charge in [-0.15, -0.1) is 0 Å². The van der Waals surface area contributed by atoms with Crippen molar-refractivity contribution in [1.29, 1.82) is 0 Å². The summed E-state index contributed by atoms with van der Waals surface area (Å²) in [6, 6.07) is 42.5. The molecule has 0 aliphatic heterocycles. The number of aromatic carboxylic acids is 1. The standard InChI is InChI=1S/C19H25NO4.3C12H13NO2.C11H11NO2.2CO2/c1-6-19(4,18(22)24-8-3)14-10-9-11-15-13(14)12-16(20(15)5)17(21)23-7-2;1-8(12(14)15)10-7-13(2)11-6-4-3-5-9(10)11;1-3-15-12(14)11-8-9-6-4-5-7-10(9)13(11)2;1-3-8-9-6-4-5-7-10(9)13(2)11(8)12(14)15;1-2-14-11(13)10-7-8-5-3-4-6-9(8)12-10;2*2-1-3/h9-12H,6-8H2,1-5H3;3-8H,1-2H3,(H,14,15);4-8H,3H2,1-2H3;4-7H,3H2,1-2H3,(H,14,15);3-7,12H,2H2,1H3;;. The minimum absolute atomic E-state index is 0.249. The third kappa shape index (κ3) is 17.1. The van der Waals surface area contributed by atoms with Crippen molar-refractivity contribution < 1.29 is 77.1 Å². The Morgan fingerprint density at radius 1 is 0.539 bits per heavy atom. The van der Waals surface area contributed by atoms with E-state index in [0.29, 0.717) is 55.6 Å². The molecular weight excluding hydrogens is 1140 g/mol. The second-order valence-electron chi connectivity index (χ2n) is 19.8. The number of para-hydroxylation sites is 4. The summed E-state index contributed by atoms with van der Waals surface area (Å²) in [6.07, 6.45) is 3.74. The Labute approximate surface area is 514 Å². The van der Waals surface area contributed by atoms with E-state index in [4.69, 9.17) is 48.3 Å². The Morgan fingerprint density at radius 3 is 1.54 bits per heavy atom. The maximum absolute atomic E-state index is 12.5. The number of nitrogens with one attached hydrogen (secondary N) is 1. The molecule has 89 heavy (non-hydrogen) atoms. The van der Waals surface area contributed by atoms with Crippen LogP contribution in [0.1, 0.15) is 126 Å². The van der Waals surface area contributed by atoms with Crippen LogP contribution < -0.4 is 0 Å². The Kier molecular flexibility index (Phi) is 27.0. The number of carbonyl (C=O) groups is 6. The molecule has 2 atom stereocenters. The van der Waals surface area contributed by atoms with Crippen molar-refractivity contribution in [2.45, 2.75) is 79.6 Å². The fourth-order valence-corrected chi connectivity index (χ4v) is 10.0. The first-order valence-corrected chi connectivity index (χ1v) is 28.5. The van der Waals surface area contributed by atoms with Gasteiger partial charge in [-0.3, -0.25) is 9.59 Å². The summed E-state index contributed by atoms with van der Waals surface area (Å²) < 4.78 is 27.6. The lowest BCUT2D eigenvalue weighted by Crippen LogP contribution is -2.34. The number of carboxylic acid groups (broad SMARTS) is 2. The molecule has 0 amide bonds. The van der Waals surface area contributed by atoms with Gasteiger partial charge in [-0.25, -0.2) is 19.2 Å². The van der Waals surface area contributed by atoms with Gasteiger partial charge >= 0.3 is 48.1 Å². The Morgan fingerprint density at radius 2 is 1.01 bits per heavy atom. The molecule has 0 aliphatic rings. The molecule has 5 heterocycles. The normalized spacial score (nSPS) is 11.2. The Balaban J connectivity index is 0.000000235. The van der Waals surface area contributed by atoms with Gasteiger partial charge in [-0.1, -0.05) is 98.8 Å². The average Bonchev–Trinajstić information content (AvgIpc) is 2.99. The lowest BCUT2D eigenvalue weighted by Gasteiger charge is -2.27. The number of aromatic amines is 1. The molecule has 468 valence electrons. The van der Waals surface area contributed by atoms with Gasteiger partial charge in [0, 0.05) is 88.9 Å². The second-order valence-corrected chi connectivity index (χ2v) is 19.8. The molecule has 0 spiro atoms. The second kappa shape index (κ2) is 33.9. The zero-order chi connectivity index (χ0) is 66.1. The van der Waals surface area contributed by atoms with Gasteiger partial charge in [0.1, 0.15) is 22.8 Å². The van der Waals surface area contributed by atoms with Crippen LogP contribution in [0.25, 0.3) is 54.5 Å². The molecular formula is C68H75N5O16. The molecule has 0 radical (unpaired) electrons. The SMILES string of the molecule is CC(C(=O)O)c1cn(C)c2ccccc12.CCOC(=O)c1cc2c(C(C)(CC)C(=O)OCC)cccc2n1C.CCOC(=O)c1cc2ccccc2[nH]1.CCOC(=O)c1cc2ccccc2n1C.CCc1c(C(=O)O)n(C)c2ccccc12.O=C=O.O=C=O. The molecule has 5 aromatic heterocycles. The average molecular weight is 1220 g/mol. The number of hydrogen-bond acceptors (Lipinski definition) is 14. The Hall–Kier alpha value is -10.6. The van der Waals surface area contributed by atoms with Crippen LogP contribution in [0.2, 0.25) is 0 Å². The number of carboxylic acids is 2. The first kappa shape index (κ1) is 70.9. The summed E-state index contributed by atoms with van der Waals surface area (Å²) in [5.41, 5.74) is 8.81. The van der Waals surface area contributed by atoms with Gasteiger partial charge in [0.05, 0.1) is 37.8 Å². The molecule has 0 saturated carbocycles. The number of esters is 4. The van der Waals surface area contributed by atoms with Crippen LogP contribution in [0.5, 0.6) is 0 Å². The Bertz CT molecular complexity index is 4100. The van der Waals surface area contributed by atoms with Crippen molar-refractivity contribution in [2.75, 3.05) is 26.4 Å². The number of hydrogen-bond donors (Lipinski definition) is 3.